The minimum absolute atomic E-state index is 0.0733. The van der Waals surface area contributed by atoms with Crippen molar-refractivity contribution >= 4 is 21.7 Å². The second-order valence-electron chi connectivity index (χ2n) is 3.42. The molecule has 0 saturated carbocycles. The molecule has 0 aliphatic rings. The molecule has 1 N–H and O–H groups in total. The summed E-state index contributed by atoms with van der Waals surface area (Å²) in [5.41, 5.74) is 1.24. The molecular formula is C11H10BrN3O2. The Balaban J connectivity index is 2.14. The number of nitrogens with zero attached hydrogens (tertiary/aromatic N) is 2. The number of ketones is 1. The van der Waals surface area contributed by atoms with E-state index < -0.39 is 0 Å². The zero-order valence-electron chi connectivity index (χ0n) is 9.11. The zero-order chi connectivity index (χ0) is 12.3. The fraction of sp³-hybridized carbons (Fsp3) is 0.182. The molecule has 0 aliphatic carbocycles. The number of methoxy groups -OCH3 is 1. The summed E-state index contributed by atoms with van der Waals surface area (Å²) in [6.45, 7) is 0. The van der Waals surface area contributed by atoms with E-state index >= 15 is 0 Å². The summed E-state index contributed by atoms with van der Waals surface area (Å²) in [6.07, 6.45) is 1.70. The molecule has 0 amide bonds. The van der Waals surface area contributed by atoms with Crippen LogP contribution >= 0.6 is 15.9 Å². The zero-order valence-corrected chi connectivity index (χ0v) is 10.7. The van der Waals surface area contributed by atoms with Gasteiger partial charge in [0.15, 0.2) is 5.78 Å². The lowest BCUT2D eigenvalue weighted by molar-refractivity contribution is 0.0988. The molecule has 0 atom stereocenters. The van der Waals surface area contributed by atoms with Crippen LogP contribution in [0.5, 0.6) is 5.75 Å². The molecule has 0 spiro atoms. The first-order valence-corrected chi connectivity index (χ1v) is 5.71. The van der Waals surface area contributed by atoms with Crippen LogP contribution in [0.4, 0.5) is 0 Å². The molecule has 0 aliphatic heterocycles. The molecule has 6 heteroatoms. The van der Waals surface area contributed by atoms with Gasteiger partial charge in [0.25, 0.3) is 0 Å². The highest BCUT2D eigenvalue weighted by molar-refractivity contribution is 9.10. The van der Waals surface area contributed by atoms with E-state index in [9.17, 15) is 4.79 Å². The largest absolute Gasteiger partial charge is 0.496 e. The number of halogens is 1. The lowest BCUT2D eigenvalue weighted by atomic mass is 10.1. The minimum Gasteiger partial charge on any atom is -0.496 e. The molecule has 1 aromatic carbocycles. The minimum atomic E-state index is -0.0733. The average molecular weight is 296 g/mol. The summed E-state index contributed by atoms with van der Waals surface area (Å²) in [6, 6.07) is 5.52. The number of Topliss-reactive ketones (excluding diaryl/α,β-unsaturated/α-hetero) is 1. The first-order chi connectivity index (χ1) is 8.20. The van der Waals surface area contributed by atoms with Crippen LogP contribution in [0.25, 0.3) is 0 Å². The fourth-order valence-electron chi connectivity index (χ4n) is 1.43. The summed E-state index contributed by atoms with van der Waals surface area (Å²) in [7, 11) is 1.60. The van der Waals surface area contributed by atoms with Gasteiger partial charge in [0, 0.05) is 6.42 Å². The number of benzene rings is 1. The van der Waals surface area contributed by atoms with Crippen molar-refractivity contribution in [3.05, 3.63) is 40.1 Å². The van der Waals surface area contributed by atoms with Crippen LogP contribution in [0.15, 0.2) is 28.9 Å². The van der Waals surface area contributed by atoms with Crippen LogP contribution in [0.1, 0.15) is 16.1 Å². The number of hydrogen-bond acceptors (Lipinski definition) is 4. The van der Waals surface area contributed by atoms with E-state index in [-0.39, 0.29) is 12.2 Å². The molecule has 0 saturated heterocycles. The monoisotopic (exact) mass is 295 g/mol. The van der Waals surface area contributed by atoms with Crippen molar-refractivity contribution in [2.75, 3.05) is 7.11 Å². The highest BCUT2D eigenvalue weighted by atomic mass is 79.9. The molecular weight excluding hydrogens is 286 g/mol. The lowest BCUT2D eigenvalue weighted by Gasteiger charge is -2.05. The lowest BCUT2D eigenvalue weighted by Crippen LogP contribution is -2.04. The summed E-state index contributed by atoms with van der Waals surface area (Å²) < 4.78 is 5.94. The molecule has 5 nitrogen and oxygen atoms in total. The summed E-state index contributed by atoms with van der Waals surface area (Å²) in [5, 5.41) is 9.77. The van der Waals surface area contributed by atoms with Gasteiger partial charge >= 0.3 is 0 Å². The van der Waals surface area contributed by atoms with Gasteiger partial charge in [0.05, 0.1) is 17.8 Å². The number of carbonyl (C=O) groups is 1. The van der Waals surface area contributed by atoms with E-state index in [1.807, 2.05) is 18.2 Å². The van der Waals surface area contributed by atoms with E-state index in [2.05, 4.69) is 31.3 Å². The normalized spacial score (nSPS) is 10.2. The van der Waals surface area contributed by atoms with E-state index in [1.54, 1.807) is 7.11 Å². The predicted molar refractivity (Wildman–Crippen MR) is 65.1 cm³/mol. The second kappa shape index (κ2) is 5.09. The molecule has 2 rings (SSSR count). The van der Waals surface area contributed by atoms with Crippen molar-refractivity contribution in [2.24, 2.45) is 0 Å². The predicted octanol–water partition coefficient (Wildman–Crippen LogP) is 2.00. The van der Waals surface area contributed by atoms with Gasteiger partial charge < -0.3 is 4.74 Å². The van der Waals surface area contributed by atoms with Gasteiger partial charge in [-0.05, 0) is 33.6 Å². The second-order valence-corrected chi connectivity index (χ2v) is 4.28. The molecule has 0 unspecified atom stereocenters. The van der Waals surface area contributed by atoms with Crippen LogP contribution < -0.4 is 4.74 Å². The maximum Gasteiger partial charge on any atom is 0.189 e. The van der Waals surface area contributed by atoms with Crippen LogP contribution in [0.3, 0.4) is 0 Å². The Labute approximate surface area is 106 Å². The van der Waals surface area contributed by atoms with Crippen molar-refractivity contribution < 1.29 is 9.53 Å². The quantitative estimate of drug-likeness (QED) is 0.876. The number of hydrogen-bond donors (Lipinski definition) is 1. The van der Waals surface area contributed by atoms with E-state index in [4.69, 9.17) is 4.74 Å². The van der Waals surface area contributed by atoms with Crippen molar-refractivity contribution in [3.8, 4) is 5.75 Å². The maximum atomic E-state index is 11.8. The average Bonchev–Trinajstić information content (AvgIpc) is 2.82. The van der Waals surface area contributed by atoms with Gasteiger partial charge in [-0.15, -0.1) is 0 Å². The van der Waals surface area contributed by atoms with E-state index in [1.165, 1.54) is 6.20 Å². The number of aromatic nitrogens is 3. The molecule has 88 valence electrons. The summed E-state index contributed by atoms with van der Waals surface area (Å²) in [4.78, 5) is 11.8. The Morgan fingerprint density at radius 3 is 2.94 bits per heavy atom. The molecule has 1 aromatic heterocycles. The third-order valence-corrected chi connectivity index (χ3v) is 2.90. The Morgan fingerprint density at radius 1 is 1.53 bits per heavy atom. The van der Waals surface area contributed by atoms with Gasteiger partial charge in [-0.2, -0.15) is 15.4 Å². The highest BCUT2D eigenvalue weighted by Gasteiger charge is 2.11. The first-order valence-electron chi connectivity index (χ1n) is 4.92. The number of H-pyrrole nitrogens is 1. The number of ether oxygens (including phenoxy) is 1. The Morgan fingerprint density at radius 2 is 2.35 bits per heavy atom. The van der Waals surface area contributed by atoms with E-state index in [0.717, 1.165) is 15.8 Å². The van der Waals surface area contributed by atoms with Crippen LogP contribution in [-0.4, -0.2) is 28.3 Å². The molecule has 0 bridgehead atoms. The Hall–Kier alpha value is -1.69. The number of aromatic amines is 1. The van der Waals surface area contributed by atoms with Gasteiger partial charge in [0.1, 0.15) is 11.4 Å². The fourth-order valence-corrected chi connectivity index (χ4v) is 2.02. The molecule has 2 aromatic rings. The Bertz CT molecular complexity index is 526. The van der Waals surface area contributed by atoms with Crippen molar-refractivity contribution in [3.63, 3.8) is 0 Å². The number of nitrogens with one attached hydrogen (secondary N) is 1. The number of carbonyl (C=O) groups excluding carboxylic acids is 1. The topological polar surface area (TPSA) is 67.9 Å². The molecule has 0 radical (unpaired) electrons. The van der Waals surface area contributed by atoms with Crippen molar-refractivity contribution in [2.45, 2.75) is 6.42 Å². The summed E-state index contributed by atoms with van der Waals surface area (Å²) >= 11 is 3.38. The molecule has 0 fully saturated rings. The van der Waals surface area contributed by atoms with Crippen LogP contribution in [-0.2, 0) is 6.42 Å². The van der Waals surface area contributed by atoms with Crippen LogP contribution in [0, 0.1) is 0 Å². The van der Waals surface area contributed by atoms with Crippen LogP contribution in [0.2, 0.25) is 0 Å². The first kappa shape index (κ1) is 11.8. The third kappa shape index (κ3) is 2.71. The molecule has 17 heavy (non-hydrogen) atoms. The van der Waals surface area contributed by atoms with Gasteiger partial charge in [-0.1, -0.05) is 6.07 Å². The van der Waals surface area contributed by atoms with E-state index in [0.29, 0.717) is 5.69 Å². The highest BCUT2D eigenvalue weighted by Crippen LogP contribution is 2.25. The Kier molecular flexibility index (Phi) is 3.53. The number of rotatable bonds is 4. The third-order valence-electron chi connectivity index (χ3n) is 2.28. The van der Waals surface area contributed by atoms with Crippen molar-refractivity contribution in [1.29, 1.82) is 0 Å². The van der Waals surface area contributed by atoms with Gasteiger partial charge in [-0.3, -0.25) is 4.79 Å². The SMILES string of the molecule is COc1ccc(CC(=O)c2cn[nH]n2)cc1Br. The smallest absolute Gasteiger partial charge is 0.189 e. The van der Waals surface area contributed by atoms with Gasteiger partial charge in [-0.25, -0.2) is 0 Å². The molecule has 1 heterocycles. The summed E-state index contributed by atoms with van der Waals surface area (Å²) in [5.74, 6) is 0.665. The maximum absolute atomic E-state index is 11.8. The van der Waals surface area contributed by atoms with Gasteiger partial charge in [0.2, 0.25) is 0 Å². The van der Waals surface area contributed by atoms with Crippen molar-refractivity contribution in [1.82, 2.24) is 15.4 Å². The standard InChI is InChI=1S/C11H10BrN3O2/c1-17-11-3-2-7(4-8(11)12)5-10(16)9-6-13-15-14-9/h2-4,6H,5H2,1H3,(H,13,14,15).